The SMILES string of the molecule is CCNC(=NCC(c1ccccc1Cl)N(CC)CC)NCCCOC1CCOCC1.I. The molecule has 0 radical (unpaired) electrons. The molecular formula is C23H40ClIN4O2. The van der Waals surface area contributed by atoms with Crippen LogP contribution in [0, 0.1) is 0 Å². The van der Waals surface area contributed by atoms with Crippen molar-refractivity contribution in [2.75, 3.05) is 52.5 Å². The summed E-state index contributed by atoms with van der Waals surface area (Å²) >= 11 is 6.51. The first-order chi connectivity index (χ1) is 14.7. The van der Waals surface area contributed by atoms with Crippen molar-refractivity contribution in [1.82, 2.24) is 15.5 Å². The molecule has 0 aromatic heterocycles. The van der Waals surface area contributed by atoms with Gasteiger partial charge < -0.3 is 20.1 Å². The number of halogens is 2. The number of guanidine groups is 1. The highest BCUT2D eigenvalue weighted by Gasteiger charge is 2.20. The standard InChI is InChI=1S/C23H39ClN4O2.HI/c1-4-25-23(26-14-9-15-30-19-12-16-29-17-13-19)27-18-22(28(5-2)6-3)20-10-7-8-11-21(20)24;/h7-8,10-11,19,22H,4-6,9,12-18H2,1-3H3,(H2,25,26,27);1H. The molecule has 0 aliphatic carbocycles. The lowest BCUT2D eigenvalue weighted by atomic mass is 10.1. The zero-order chi connectivity index (χ0) is 21.6. The van der Waals surface area contributed by atoms with Crippen LogP contribution in [0.15, 0.2) is 29.3 Å². The molecule has 6 nitrogen and oxygen atoms in total. The van der Waals surface area contributed by atoms with Crippen molar-refractivity contribution in [3.63, 3.8) is 0 Å². The second-order valence-electron chi connectivity index (χ2n) is 7.44. The van der Waals surface area contributed by atoms with E-state index in [4.69, 9.17) is 26.1 Å². The van der Waals surface area contributed by atoms with Gasteiger partial charge in [0.15, 0.2) is 5.96 Å². The Labute approximate surface area is 210 Å². The molecule has 1 atom stereocenters. The topological polar surface area (TPSA) is 58.1 Å². The minimum atomic E-state index is 0. The number of nitrogens with one attached hydrogen (secondary N) is 2. The van der Waals surface area contributed by atoms with E-state index in [1.54, 1.807) is 0 Å². The number of ether oxygens (including phenoxy) is 2. The van der Waals surface area contributed by atoms with Crippen molar-refractivity contribution >= 4 is 41.5 Å². The Hall–Kier alpha value is -0.610. The Balaban J connectivity index is 0.00000480. The monoisotopic (exact) mass is 566 g/mol. The molecule has 0 bridgehead atoms. The van der Waals surface area contributed by atoms with E-state index in [-0.39, 0.29) is 30.0 Å². The van der Waals surface area contributed by atoms with Crippen LogP contribution in [-0.4, -0.2) is 69.5 Å². The third-order valence-electron chi connectivity index (χ3n) is 5.42. The molecule has 2 rings (SSSR count). The maximum atomic E-state index is 6.51. The number of likely N-dealkylation sites (N-methyl/N-ethyl adjacent to an activating group) is 1. The van der Waals surface area contributed by atoms with E-state index in [0.29, 0.717) is 12.6 Å². The third kappa shape index (κ3) is 10.2. The molecule has 1 aromatic rings. The molecule has 0 saturated carbocycles. The van der Waals surface area contributed by atoms with Crippen LogP contribution in [0.3, 0.4) is 0 Å². The number of benzene rings is 1. The maximum Gasteiger partial charge on any atom is 0.191 e. The van der Waals surface area contributed by atoms with Gasteiger partial charge in [0.25, 0.3) is 0 Å². The molecule has 0 spiro atoms. The van der Waals surface area contributed by atoms with Crippen LogP contribution >= 0.6 is 35.6 Å². The predicted octanol–water partition coefficient (Wildman–Crippen LogP) is 4.48. The highest BCUT2D eigenvalue weighted by atomic mass is 127. The van der Waals surface area contributed by atoms with Crippen LogP contribution in [-0.2, 0) is 9.47 Å². The zero-order valence-electron chi connectivity index (χ0n) is 19.2. The van der Waals surface area contributed by atoms with Crippen molar-refractivity contribution in [3.05, 3.63) is 34.9 Å². The Bertz CT molecular complexity index is 625. The van der Waals surface area contributed by atoms with Crippen molar-refractivity contribution in [2.24, 2.45) is 4.99 Å². The van der Waals surface area contributed by atoms with E-state index in [1.807, 2.05) is 18.2 Å². The van der Waals surface area contributed by atoms with Gasteiger partial charge in [0, 0.05) is 37.9 Å². The second kappa shape index (κ2) is 16.9. The molecule has 1 aromatic carbocycles. The largest absolute Gasteiger partial charge is 0.381 e. The minimum Gasteiger partial charge on any atom is -0.381 e. The van der Waals surface area contributed by atoms with Gasteiger partial charge >= 0.3 is 0 Å². The first-order valence-electron chi connectivity index (χ1n) is 11.4. The Kier molecular flexibility index (Phi) is 15.5. The summed E-state index contributed by atoms with van der Waals surface area (Å²) in [5, 5.41) is 7.59. The smallest absolute Gasteiger partial charge is 0.191 e. The van der Waals surface area contributed by atoms with Gasteiger partial charge in [0.1, 0.15) is 0 Å². The Morgan fingerprint density at radius 1 is 1.19 bits per heavy atom. The fourth-order valence-corrected chi connectivity index (χ4v) is 3.97. The number of aliphatic imine (C=N–C) groups is 1. The lowest BCUT2D eigenvalue weighted by molar-refractivity contribution is -0.0320. The van der Waals surface area contributed by atoms with Crippen LogP contribution < -0.4 is 10.6 Å². The van der Waals surface area contributed by atoms with Crippen molar-refractivity contribution < 1.29 is 9.47 Å². The molecule has 2 N–H and O–H groups in total. The number of rotatable bonds is 12. The number of nitrogens with zero attached hydrogens (tertiary/aromatic N) is 2. The maximum absolute atomic E-state index is 6.51. The first-order valence-corrected chi connectivity index (χ1v) is 11.8. The van der Waals surface area contributed by atoms with Crippen LogP contribution in [0.25, 0.3) is 0 Å². The summed E-state index contributed by atoms with van der Waals surface area (Å²) in [5.41, 5.74) is 1.13. The van der Waals surface area contributed by atoms with Gasteiger partial charge in [-0.2, -0.15) is 0 Å². The summed E-state index contributed by atoms with van der Waals surface area (Å²) < 4.78 is 11.3. The van der Waals surface area contributed by atoms with E-state index in [1.165, 1.54) is 0 Å². The molecule has 1 unspecified atom stereocenters. The molecule has 0 amide bonds. The average Bonchev–Trinajstić information content (AvgIpc) is 2.77. The average molecular weight is 567 g/mol. The molecule has 1 heterocycles. The number of hydrogen-bond donors (Lipinski definition) is 2. The van der Waals surface area contributed by atoms with E-state index in [2.05, 4.69) is 42.4 Å². The van der Waals surface area contributed by atoms with Gasteiger partial charge in [-0.1, -0.05) is 43.6 Å². The highest BCUT2D eigenvalue weighted by molar-refractivity contribution is 14.0. The summed E-state index contributed by atoms with van der Waals surface area (Å²) in [6.07, 6.45) is 3.32. The van der Waals surface area contributed by atoms with Crippen molar-refractivity contribution in [3.8, 4) is 0 Å². The molecule has 31 heavy (non-hydrogen) atoms. The number of hydrogen-bond acceptors (Lipinski definition) is 4. The highest BCUT2D eigenvalue weighted by Crippen LogP contribution is 2.27. The fraction of sp³-hybridized carbons (Fsp3) is 0.696. The Morgan fingerprint density at radius 3 is 2.55 bits per heavy atom. The molecule has 1 aliphatic heterocycles. The summed E-state index contributed by atoms with van der Waals surface area (Å²) in [4.78, 5) is 7.27. The molecule has 178 valence electrons. The summed E-state index contributed by atoms with van der Waals surface area (Å²) in [6.45, 7) is 13.1. The lowest BCUT2D eigenvalue weighted by Gasteiger charge is -2.29. The zero-order valence-corrected chi connectivity index (χ0v) is 22.3. The minimum absolute atomic E-state index is 0. The second-order valence-corrected chi connectivity index (χ2v) is 7.85. The normalized spacial score (nSPS) is 16.1. The quantitative estimate of drug-likeness (QED) is 0.169. The van der Waals surface area contributed by atoms with E-state index in [0.717, 1.165) is 81.8 Å². The fourth-order valence-electron chi connectivity index (χ4n) is 3.71. The van der Waals surface area contributed by atoms with E-state index >= 15 is 0 Å². The van der Waals surface area contributed by atoms with Gasteiger partial charge in [-0.25, -0.2) is 0 Å². The van der Waals surface area contributed by atoms with Gasteiger partial charge in [-0.05, 0) is 50.9 Å². The van der Waals surface area contributed by atoms with Gasteiger partial charge in [-0.3, -0.25) is 9.89 Å². The van der Waals surface area contributed by atoms with Gasteiger partial charge in [0.05, 0.1) is 18.7 Å². The predicted molar refractivity (Wildman–Crippen MR) is 141 cm³/mol. The lowest BCUT2D eigenvalue weighted by Crippen LogP contribution is -2.39. The van der Waals surface area contributed by atoms with E-state index < -0.39 is 0 Å². The van der Waals surface area contributed by atoms with Crippen LogP contribution in [0.4, 0.5) is 0 Å². The summed E-state index contributed by atoms with van der Waals surface area (Å²) in [7, 11) is 0. The van der Waals surface area contributed by atoms with Crippen molar-refractivity contribution in [1.29, 1.82) is 0 Å². The molecule has 1 aliphatic rings. The van der Waals surface area contributed by atoms with E-state index in [9.17, 15) is 0 Å². The molecule has 1 saturated heterocycles. The molecular weight excluding hydrogens is 527 g/mol. The molecule has 8 heteroatoms. The van der Waals surface area contributed by atoms with Crippen LogP contribution in [0.1, 0.15) is 51.6 Å². The first kappa shape index (κ1) is 28.4. The Morgan fingerprint density at radius 2 is 1.90 bits per heavy atom. The summed E-state index contributed by atoms with van der Waals surface area (Å²) in [6, 6.07) is 8.24. The van der Waals surface area contributed by atoms with Gasteiger partial charge in [0.2, 0.25) is 0 Å². The van der Waals surface area contributed by atoms with Gasteiger partial charge in [-0.15, -0.1) is 24.0 Å². The third-order valence-corrected chi connectivity index (χ3v) is 5.76. The van der Waals surface area contributed by atoms with Crippen LogP contribution in [0.5, 0.6) is 0 Å². The van der Waals surface area contributed by atoms with Crippen molar-refractivity contribution in [2.45, 2.75) is 52.2 Å². The summed E-state index contributed by atoms with van der Waals surface area (Å²) in [5.74, 6) is 0.841. The van der Waals surface area contributed by atoms with Crippen LogP contribution in [0.2, 0.25) is 5.02 Å². The molecule has 1 fully saturated rings.